The van der Waals surface area contributed by atoms with Crippen LogP contribution in [0.3, 0.4) is 0 Å². The van der Waals surface area contributed by atoms with Gasteiger partial charge in [0.25, 0.3) is 0 Å². The molecule has 9 heteroatoms. The Kier molecular flexibility index (Phi) is 19.5. The molecular weight excluding hydrogens is 468 g/mol. The summed E-state index contributed by atoms with van der Waals surface area (Å²) in [7, 11) is 0. The second kappa shape index (κ2) is 21.2. The molecule has 0 aromatic heterocycles. The number of rotatable bonds is 22. The molecule has 9 nitrogen and oxygen atoms in total. The summed E-state index contributed by atoms with van der Waals surface area (Å²) >= 11 is 0. The SMILES string of the molecule is CCCCCCCCCCCCCCCCCC(=O)OC[C@H]1O[C@@H](OC(CO)CO)[C@H](O)[C@@H](O)[C@@H]1O. The second-order valence-electron chi connectivity index (χ2n) is 10.0. The minimum Gasteiger partial charge on any atom is -0.463 e. The summed E-state index contributed by atoms with van der Waals surface area (Å²) in [5.74, 6) is -0.415. The van der Waals surface area contributed by atoms with Gasteiger partial charge < -0.3 is 39.7 Å². The zero-order valence-corrected chi connectivity index (χ0v) is 22.3. The van der Waals surface area contributed by atoms with E-state index in [0.29, 0.717) is 0 Å². The number of ether oxygens (including phenoxy) is 3. The molecule has 0 spiro atoms. The van der Waals surface area contributed by atoms with Crippen molar-refractivity contribution in [2.75, 3.05) is 19.8 Å². The van der Waals surface area contributed by atoms with Crippen LogP contribution in [0.25, 0.3) is 0 Å². The van der Waals surface area contributed by atoms with Crippen LogP contribution in [-0.2, 0) is 19.0 Å². The average Bonchev–Trinajstić information content (AvgIpc) is 2.88. The monoisotopic (exact) mass is 520 g/mol. The molecule has 0 aromatic carbocycles. The van der Waals surface area contributed by atoms with Gasteiger partial charge in [-0.2, -0.15) is 0 Å². The van der Waals surface area contributed by atoms with Crippen LogP contribution in [0.2, 0.25) is 0 Å². The highest BCUT2D eigenvalue weighted by Crippen LogP contribution is 2.23. The van der Waals surface area contributed by atoms with Gasteiger partial charge in [-0.1, -0.05) is 96.8 Å². The van der Waals surface area contributed by atoms with E-state index in [1.54, 1.807) is 0 Å². The zero-order valence-electron chi connectivity index (χ0n) is 22.3. The van der Waals surface area contributed by atoms with E-state index >= 15 is 0 Å². The van der Waals surface area contributed by atoms with Crippen LogP contribution in [0, 0.1) is 0 Å². The first-order valence-electron chi connectivity index (χ1n) is 14.2. The average molecular weight is 521 g/mol. The fourth-order valence-electron chi connectivity index (χ4n) is 4.39. The standard InChI is InChI=1S/C27H52O9/c1-2-3-4-5-6-7-8-9-10-11-12-13-14-15-16-17-23(30)34-20-22-24(31)25(32)26(33)27(36-22)35-21(18-28)19-29/h21-22,24-29,31-33H,2-20H2,1H3/t22-,24-,25+,26-,27-/m1/s1. The fraction of sp³-hybridized carbons (Fsp3) is 0.963. The van der Waals surface area contributed by atoms with Gasteiger partial charge in [-0.15, -0.1) is 0 Å². The van der Waals surface area contributed by atoms with Crippen molar-refractivity contribution in [1.82, 2.24) is 0 Å². The number of esters is 1. The third-order valence-corrected chi connectivity index (χ3v) is 6.80. The number of aliphatic hydroxyl groups excluding tert-OH is 5. The van der Waals surface area contributed by atoms with E-state index < -0.39 is 56.0 Å². The van der Waals surface area contributed by atoms with Gasteiger partial charge in [-0.3, -0.25) is 4.79 Å². The lowest BCUT2D eigenvalue weighted by atomic mass is 9.99. The Morgan fingerprint density at radius 3 is 1.67 bits per heavy atom. The summed E-state index contributed by atoms with van der Waals surface area (Å²) in [6, 6.07) is 0. The summed E-state index contributed by atoms with van der Waals surface area (Å²) in [5, 5.41) is 48.4. The summed E-state index contributed by atoms with van der Waals surface area (Å²) < 4.78 is 15.8. The van der Waals surface area contributed by atoms with E-state index in [1.807, 2.05) is 0 Å². The molecule has 1 rings (SSSR count). The topological polar surface area (TPSA) is 146 Å². The Labute approximate surface area is 217 Å². The Bertz CT molecular complexity index is 529. The zero-order chi connectivity index (χ0) is 26.6. The van der Waals surface area contributed by atoms with Crippen LogP contribution in [-0.4, -0.2) is 88.1 Å². The van der Waals surface area contributed by atoms with E-state index in [-0.39, 0.29) is 13.0 Å². The lowest BCUT2D eigenvalue weighted by Crippen LogP contribution is -2.60. The van der Waals surface area contributed by atoms with Gasteiger partial charge in [0.05, 0.1) is 13.2 Å². The highest BCUT2D eigenvalue weighted by Gasteiger charge is 2.45. The molecule has 1 saturated heterocycles. The van der Waals surface area contributed by atoms with Gasteiger partial charge in [-0.25, -0.2) is 0 Å². The first-order valence-corrected chi connectivity index (χ1v) is 14.2. The molecule has 36 heavy (non-hydrogen) atoms. The molecule has 0 unspecified atom stereocenters. The van der Waals surface area contributed by atoms with E-state index in [2.05, 4.69) is 6.92 Å². The Morgan fingerprint density at radius 1 is 0.722 bits per heavy atom. The maximum atomic E-state index is 12.1. The van der Waals surface area contributed by atoms with Crippen molar-refractivity contribution in [2.24, 2.45) is 0 Å². The van der Waals surface area contributed by atoms with Gasteiger partial charge in [0.1, 0.15) is 37.1 Å². The molecular formula is C27H52O9. The van der Waals surface area contributed by atoms with E-state index in [4.69, 9.17) is 24.4 Å². The molecule has 0 radical (unpaired) electrons. The summed E-state index contributed by atoms with van der Waals surface area (Å²) in [6.45, 7) is 0.923. The number of hydrogen-bond donors (Lipinski definition) is 5. The third kappa shape index (κ3) is 14.2. The van der Waals surface area contributed by atoms with Gasteiger partial charge >= 0.3 is 5.97 Å². The molecule has 0 amide bonds. The number of hydrogen-bond acceptors (Lipinski definition) is 9. The van der Waals surface area contributed by atoms with Gasteiger partial charge in [0, 0.05) is 6.42 Å². The van der Waals surface area contributed by atoms with Crippen molar-refractivity contribution in [3.8, 4) is 0 Å². The quantitative estimate of drug-likeness (QED) is 0.107. The number of carbonyl (C=O) groups is 1. The molecule has 1 fully saturated rings. The molecule has 214 valence electrons. The summed E-state index contributed by atoms with van der Waals surface area (Å²) in [4.78, 5) is 12.1. The predicted molar refractivity (Wildman–Crippen MR) is 136 cm³/mol. The van der Waals surface area contributed by atoms with Crippen LogP contribution in [0.5, 0.6) is 0 Å². The maximum Gasteiger partial charge on any atom is 0.305 e. The van der Waals surface area contributed by atoms with Gasteiger partial charge in [0.2, 0.25) is 0 Å². The van der Waals surface area contributed by atoms with Crippen LogP contribution in [0.4, 0.5) is 0 Å². The van der Waals surface area contributed by atoms with Crippen molar-refractivity contribution in [3.05, 3.63) is 0 Å². The molecule has 1 heterocycles. The summed E-state index contributed by atoms with van der Waals surface area (Å²) in [6.07, 6.45) is 10.8. The molecule has 5 atom stereocenters. The lowest BCUT2D eigenvalue weighted by Gasteiger charge is -2.40. The summed E-state index contributed by atoms with van der Waals surface area (Å²) in [5.41, 5.74) is 0. The molecule has 0 aliphatic carbocycles. The first-order chi connectivity index (χ1) is 17.4. The third-order valence-electron chi connectivity index (χ3n) is 6.80. The van der Waals surface area contributed by atoms with E-state index in [0.717, 1.165) is 19.3 Å². The van der Waals surface area contributed by atoms with Crippen molar-refractivity contribution in [1.29, 1.82) is 0 Å². The first kappa shape index (κ1) is 33.2. The van der Waals surface area contributed by atoms with Gasteiger partial charge in [0.15, 0.2) is 6.29 Å². The van der Waals surface area contributed by atoms with Crippen molar-refractivity contribution < 1.29 is 44.5 Å². The number of unbranched alkanes of at least 4 members (excludes halogenated alkanes) is 14. The number of aliphatic hydroxyl groups is 5. The minimum atomic E-state index is -1.58. The number of carbonyl (C=O) groups excluding carboxylic acids is 1. The van der Waals surface area contributed by atoms with Crippen LogP contribution in [0.15, 0.2) is 0 Å². The van der Waals surface area contributed by atoms with E-state index in [1.165, 1.54) is 77.0 Å². The van der Waals surface area contributed by atoms with Crippen molar-refractivity contribution >= 4 is 5.97 Å². The Morgan fingerprint density at radius 2 is 1.19 bits per heavy atom. The minimum absolute atomic E-state index is 0.267. The molecule has 0 aromatic rings. The Balaban J connectivity index is 2.06. The highest BCUT2D eigenvalue weighted by atomic mass is 16.7. The van der Waals surface area contributed by atoms with Crippen molar-refractivity contribution in [2.45, 2.75) is 146 Å². The van der Waals surface area contributed by atoms with Crippen LogP contribution >= 0.6 is 0 Å². The lowest BCUT2D eigenvalue weighted by molar-refractivity contribution is -0.315. The maximum absolute atomic E-state index is 12.1. The molecule has 0 bridgehead atoms. The smallest absolute Gasteiger partial charge is 0.305 e. The van der Waals surface area contributed by atoms with E-state index in [9.17, 15) is 20.1 Å². The second-order valence-corrected chi connectivity index (χ2v) is 10.0. The normalized spacial score (nSPS) is 24.4. The molecule has 0 saturated carbocycles. The molecule has 1 aliphatic rings. The van der Waals surface area contributed by atoms with Gasteiger partial charge in [-0.05, 0) is 6.42 Å². The fourth-order valence-corrected chi connectivity index (χ4v) is 4.39. The van der Waals surface area contributed by atoms with Crippen LogP contribution in [0.1, 0.15) is 110 Å². The largest absolute Gasteiger partial charge is 0.463 e. The Hall–Kier alpha value is -0.810. The molecule has 5 N–H and O–H groups in total. The molecule has 1 aliphatic heterocycles. The predicted octanol–water partition coefficient (Wildman–Crippen LogP) is 2.97. The van der Waals surface area contributed by atoms with Crippen LogP contribution < -0.4 is 0 Å². The highest BCUT2D eigenvalue weighted by molar-refractivity contribution is 5.69. The van der Waals surface area contributed by atoms with Crippen molar-refractivity contribution in [3.63, 3.8) is 0 Å².